The van der Waals surface area contributed by atoms with Crippen LogP contribution in [0.25, 0.3) is 32.5 Å². The number of methoxy groups -OCH3 is 2. The lowest BCUT2D eigenvalue weighted by Gasteiger charge is -2.14. The monoisotopic (exact) mass is 391 g/mol. The van der Waals surface area contributed by atoms with Crippen molar-refractivity contribution in [2.45, 2.75) is 6.29 Å². The van der Waals surface area contributed by atoms with Crippen molar-refractivity contribution >= 4 is 33.0 Å². The van der Waals surface area contributed by atoms with Gasteiger partial charge in [-0.3, -0.25) is 0 Å². The molecule has 0 saturated heterocycles. The Bertz CT molecular complexity index is 1140. The van der Waals surface area contributed by atoms with Crippen molar-refractivity contribution in [3.05, 3.63) is 66.2 Å². The number of fused-ring (bicyclic) bond motifs is 1. The molecule has 0 fully saturated rings. The second-order valence-electron chi connectivity index (χ2n) is 6.49. The van der Waals surface area contributed by atoms with Crippen LogP contribution in [-0.4, -0.2) is 18.6 Å². The average Bonchev–Trinajstić information content (AvgIpc) is 3.12. The van der Waals surface area contributed by atoms with Crippen LogP contribution in [0.4, 0.5) is 11.4 Å². The molecular weight excluding hydrogens is 370 g/mol. The van der Waals surface area contributed by atoms with Crippen LogP contribution in [0.1, 0.15) is 11.9 Å². The van der Waals surface area contributed by atoms with E-state index in [1.54, 1.807) is 14.2 Å². The molecule has 0 unspecified atom stereocenters. The SMILES string of the molecule is COC(OC)c1ccc2c(-c3c(N)cccc3-c3cccc(N)c3)nsc2c1. The second kappa shape index (κ2) is 7.59. The lowest BCUT2D eigenvalue weighted by Crippen LogP contribution is -2.02. The van der Waals surface area contributed by atoms with E-state index in [0.29, 0.717) is 11.4 Å². The lowest BCUT2D eigenvalue weighted by atomic mass is 9.94. The summed E-state index contributed by atoms with van der Waals surface area (Å²) >= 11 is 1.44. The van der Waals surface area contributed by atoms with Gasteiger partial charge in [-0.25, -0.2) is 0 Å². The van der Waals surface area contributed by atoms with Gasteiger partial charge in [0.1, 0.15) is 0 Å². The molecule has 0 atom stereocenters. The number of benzene rings is 3. The van der Waals surface area contributed by atoms with Gasteiger partial charge < -0.3 is 20.9 Å². The van der Waals surface area contributed by atoms with Crippen molar-refractivity contribution in [3.63, 3.8) is 0 Å². The molecule has 28 heavy (non-hydrogen) atoms. The minimum Gasteiger partial charge on any atom is -0.399 e. The number of anilines is 2. The molecule has 5 nitrogen and oxygen atoms in total. The fraction of sp³-hybridized carbons (Fsp3) is 0.136. The van der Waals surface area contributed by atoms with Crippen molar-refractivity contribution < 1.29 is 9.47 Å². The highest BCUT2D eigenvalue weighted by atomic mass is 32.1. The van der Waals surface area contributed by atoms with Crippen LogP contribution in [0.3, 0.4) is 0 Å². The molecule has 1 aromatic heterocycles. The Morgan fingerprint density at radius 3 is 2.46 bits per heavy atom. The standard InChI is InChI=1S/C22H21N3O2S/c1-26-22(27-2)14-9-10-17-19(12-14)28-25-21(17)20-16(7-4-8-18(20)24)13-5-3-6-15(23)11-13/h3-12,22H,23-24H2,1-2H3. The van der Waals surface area contributed by atoms with Crippen LogP contribution in [0.5, 0.6) is 0 Å². The minimum absolute atomic E-state index is 0.403. The third-order valence-electron chi connectivity index (χ3n) is 4.73. The number of nitrogens with zero attached hydrogens (tertiary/aromatic N) is 1. The summed E-state index contributed by atoms with van der Waals surface area (Å²) in [6.07, 6.45) is -0.403. The highest BCUT2D eigenvalue weighted by Crippen LogP contribution is 2.41. The molecule has 0 spiro atoms. The van der Waals surface area contributed by atoms with Crippen LogP contribution in [0.2, 0.25) is 0 Å². The molecule has 0 radical (unpaired) electrons. The quantitative estimate of drug-likeness (QED) is 0.366. The van der Waals surface area contributed by atoms with Gasteiger partial charge in [0.05, 0.1) is 10.4 Å². The molecule has 6 heteroatoms. The van der Waals surface area contributed by atoms with Gasteiger partial charge in [-0.2, -0.15) is 4.37 Å². The predicted octanol–water partition coefficient (Wildman–Crippen LogP) is 5.09. The van der Waals surface area contributed by atoms with Gasteiger partial charge in [0, 0.05) is 42.1 Å². The molecule has 1 heterocycles. The van der Waals surface area contributed by atoms with Gasteiger partial charge in [-0.1, -0.05) is 36.4 Å². The first-order valence-electron chi connectivity index (χ1n) is 8.82. The van der Waals surface area contributed by atoms with Gasteiger partial charge in [-0.05, 0) is 46.9 Å². The fourth-order valence-electron chi connectivity index (χ4n) is 3.43. The van der Waals surface area contributed by atoms with Crippen LogP contribution < -0.4 is 11.5 Å². The Morgan fingerprint density at radius 1 is 0.929 bits per heavy atom. The number of nitrogen functional groups attached to an aromatic ring is 2. The maximum absolute atomic E-state index is 6.39. The summed E-state index contributed by atoms with van der Waals surface area (Å²) in [6.45, 7) is 0. The Kier molecular flexibility index (Phi) is 5.00. The Balaban J connectivity index is 1.89. The molecular formula is C22H21N3O2S. The maximum Gasteiger partial charge on any atom is 0.183 e. The summed E-state index contributed by atoms with van der Waals surface area (Å²) in [5.74, 6) is 0. The number of rotatable bonds is 5. The summed E-state index contributed by atoms with van der Waals surface area (Å²) in [4.78, 5) is 0. The molecule has 4 aromatic rings. The van der Waals surface area contributed by atoms with E-state index in [2.05, 4.69) is 0 Å². The molecule has 0 aliphatic rings. The van der Waals surface area contributed by atoms with Crippen molar-refractivity contribution in [2.24, 2.45) is 0 Å². The Labute approximate surface area is 167 Å². The van der Waals surface area contributed by atoms with Crippen molar-refractivity contribution in [1.29, 1.82) is 0 Å². The lowest BCUT2D eigenvalue weighted by molar-refractivity contribution is -0.105. The van der Waals surface area contributed by atoms with Gasteiger partial charge in [0.25, 0.3) is 0 Å². The number of hydrogen-bond acceptors (Lipinski definition) is 6. The van der Waals surface area contributed by atoms with Crippen molar-refractivity contribution in [1.82, 2.24) is 4.37 Å². The summed E-state index contributed by atoms with van der Waals surface area (Å²) in [5.41, 5.74) is 18.5. The summed E-state index contributed by atoms with van der Waals surface area (Å²) in [5, 5.41) is 1.04. The zero-order chi connectivity index (χ0) is 19.7. The normalized spacial score (nSPS) is 11.4. The van der Waals surface area contributed by atoms with Gasteiger partial charge >= 0.3 is 0 Å². The number of hydrogen-bond donors (Lipinski definition) is 2. The first kappa shape index (κ1) is 18.4. The van der Waals surface area contributed by atoms with Crippen LogP contribution in [0.15, 0.2) is 60.7 Å². The van der Waals surface area contributed by atoms with E-state index in [4.69, 9.17) is 25.3 Å². The smallest absolute Gasteiger partial charge is 0.183 e. The number of nitrogens with two attached hydrogens (primary N) is 2. The largest absolute Gasteiger partial charge is 0.399 e. The summed E-state index contributed by atoms with van der Waals surface area (Å²) in [6, 6.07) is 19.8. The van der Waals surface area contributed by atoms with Crippen molar-refractivity contribution in [2.75, 3.05) is 25.7 Å². The number of ether oxygens (including phenoxy) is 2. The van der Waals surface area contributed by atoms with E-state index >= 15 is 0 Å². The van der Waals surface area contributed by atoms with Gasteiger partial charge in [0.2, 0.25) is 0 Å². The molecule has 0 aliphatic carbocycles. The third-order valence-corrected chi connectivity index (χ3v) is 5.54. The second-order valence-corrected chi connectivity index (χ2v) is 7.29. The number of aromatic nitrogens is 1. The third kappa shape index (κ3) is 3.22. The van der Waals surface area contributed by atoms with Crippen LogP contribution in [-0.2, 0) is 9.47 Å². The molecule has 0 amide bonds. The van der Waals surface area contributed by atoms with Crippen molar-refractivity contribution in [3.8, 4) is 22.4 Å². The van der Waals surface area contributed by atoms with Crippen LogP contribution in [0, 0.1) is 0 Å². The van der Waals surface area contributed by atoms with Crippen LogP contribution >= 0.6 is 11.5 Å². The fourth-order valence-corrected chi connectivity index (χ4v) is 4.26. The maximum atomic E-state index is 6.39. The molecule has 0 saturated carbocycles. The van der Waals surface area contributed by atoms with Gasteiger partial charge in [0.15, 0.2) is 6.29 Å². The van der Waals surface area contributed by atoms with E-state index < -0.39 is 6.29 Å². The Morgan fingerprint density at radius 2 is 1.71 bits per heavy atom. The highest BCUT2D eigenvalue weighted by Gasteiger charge is 2.18. The first-order chi connectivity index (χ1) is 13.6. The van der Waals surface area contributed by atoms with E-state index in [1.807, 2.05) is 60.7 Å². The molecule has 4 N–H and O–H groups in total. The first-order valence-corrected chi connectivity index (χ1v) is 9.59. The topological polar surface area (TPSA) is 83.4 Å². The molecule has 3 aromatic carbocycles. The van der Waals surface area contributed by atoms with E-state index in [9.17, 15) is 0 Å². The molecule has 4 rings (SSSR count). The molecule has 142 valence electrons. The predicted molar refractivity (Wildman–Crippen MR) is 116 cm³/mol. The summed E-state index contributed by atoms with van der Waals surface area (Å²) in [7, 11) is 3.25. The van der Waals surface area contributed by atoms with E-state index in [-0.39, 0.29) is 0 Å². The summed E-state index contributed by atoms with van der Waals surface area (Å²) < 4.78 is 16.5. The van der Waals surface area contributed by atoms with E-state index in [1.165, 1.54) is 11.5 Å². The molecule has 0 bridgehead atoms. The average molecular weight is 391 g/mol. The zero-order valence-corrected chi connectivity index (χ0v) is 16.5. The highest BCUT2D eigenvalue weighted by molar-refractivity contribution is 7.13. The van der Waals surface area contributed by atoms with E-state index in [0.717, 1.165) is 38.0 Å². The van der Waals surface area contributed by atoms with Gasteiger partial charge in [-0.15, -0.1) is 0 Å². The molecule has 0 aliphatic heterocycles. The zero-order valence-electron chi connectivity index (χ0n) is 15.7. The Hall–Kier alpha value is -2.93. The minimum atomic E-state index is -0.403.